The third-order valence-corrected chi connectivity index (χ3v) is 17.0. The van der Waals surface area contributed by atoms with Gasteiger partial charge in [0.25, 0.3) is 0 Å². The van der Waals surface area contributed by atoms with Gasteiger partial charge in [-0.1, -0.05) is 0 Å². The Bertz CT molecular complexity index is 3490. The molecular formula is C46H59ClF6N20O6S2. The van der Waals surface area contributed by atoms with Crippen molar-refractivity contribution in [1.82, 2.24) is 72.9 Å². The van der Waals surface area contributed by atoms with Crippen LogP contribution in [0.5, 0.6) is 0 Å². The molecule has 0 aromatic carbocycles. The second-order valence-corrected chi connectivity index (χ2v) is 24.5. The number of nitrogens with zero attached hydrogens (tertiary/aromatic N) is 17. The van der Waals surface area contributed by atoms with Gasteiger partial charge in [0.1, 0.15) is 0 Å². The van der Waals surface area contributed by atoms with E-state index in [0.29, 0.717) is 157 Å². The summed E-state index contributed by atoms with van der Waals surface area (Å²) in [6.45, 7) is 9.17. The molecule has 6 fully saturated rings. The number of nitrogens with one attached hydrogen (secondary N) is 1. The van der Waals surface area contributed by atoms with Crippen molar-refractivity contribution in [2.24, 2.45) is 11.8 Å². The van der Waals surface area contributed by atoms with E-state index in [2.05, 4.69) is 50.2 Å². The highest BCUT2D eigenvalue weighted by Crippen LogP contribution is 2.41. The number of imidazole rings is 2. The van der Waals surface area contributed by atoms with Crippen molar-refractivity contribution >= 4 is 83.5 Å². The van der Waals surface area contributed by atoms with Crippen LogP contribution >= 0.6 is 11.6 Å². The highest BCUT2D eigenvalue weighted by atomic mass is 35.5. The second-order valence-electron chi connectivity index (χ2n) is 20.2. The SMILES string of the molecule is CS(=O)(=O)N1CCN(c2nc3c(N4CCOCC4)nc(-c4cnc(N)nc4C(F)(F)F)nc3n2CC2CC2)CC1.CS(=O)(=O)N1CCNCC1.Nc1ncc(-c2nc(N3CCOCC3)c3nc(Cl)n(CC4CC4)c3n2)c(C(F)(F)F)n1. The maximum Gasteiger partial charge on any atom is 0.434 e. The molecule has 6 aromatic heterocycles. The van der Waals surface area contributed by atoms with Gasteiger partial charge in [-0.25, -0.2) is 66.7 Å². The van der Waals surface area contributed by atoms with Crippen LogP contribution < -0.4 is 31.5 Å². The van der Waals surface area contributed by atoms with Crippen LogP contribution in [0, 0.1) is 11.8 Å². The Labute approximate surface area is 465 Å². The van der Waals surface area contributed by atoms with Gasteiger partial charge in [0.15, 0.2) is 57.0 Å². The van der Waals surface area contributed by atoms with Crippen molar-refractivity contribution in [3.8, 4) is 22.8 Å². The molecule has 6 aromatic rings. The van der Waals surface area contributed by atoms with Crippen LogP contribution in [0.15, 0.2) is 12.4 Å². The zero-order valence-electron chi connectivity index (χ0n) is 44.0. The molecule has 440 valence electrons. The van der Waals surface area contributed by atoms with Crippen LogP contribution in [-0.4, -0.2) is 202 Å². The molecule has 2 saturated carbocycles. The summed E-state index contributed by atoms with van der Waals surface area (Å²) in [4.78, 5) is 47.8. The quantitative estimate of drug-likeness (QED) is 0.124. The summed E-state index contributed by atoms with van der Waals surface area (Å²) in [5.41, 5.74) is 9.49. The largest absolute Gasteiger partial charge is 0.434 e. The van der Waals surface area contributed by atoms with Gasteiger partial charge < -0.3 is 41.0 Å². The number of hydrogen-bond donors (Lipinski definition) is 3. The maximum atomic E-state index is 14.0. The molecule has 0 amide bonds. The summed E-state index contributed by atoms with van der Waals surface area (Å²) >= 11 is 6.39. The van der Waals surface area contributed by atoms with Gasteiger partial charge >= 0.3 is 12.4 Å². The molecule has 5 N–H and O–H groups in total. The van der Waals surface area contributed by atoms with Gasteiger partial charge in [-0.2, -0.15) is 35.0 Å². The summed E-state index contributed by atoms with van der Waals surface area (Å²) in [7, 11) is -6.26. The monoisotopic (exact) mass is 1200 g/mol. The number of nitrogens with two attached hydrogens (primary N) is 2. The lowest BCUT2D eigenvalue weighted by atomic mass is 10.2. The fraction of sp³-hybridized carbons (Fsp3) is 0.609. The van der Waals surface area contributed by atoms with Crippen LogP contribution in [0.2, 0.25) is 5.28 Å². The van der Waals surface area contributed by atoms with E-state index >= 15 is 0 Å². The van der Waals surface area contributed by atoms with E-state index in [1.807, 2.05) is 19.3 Å². The standard InChI is InChI=1S/C23H29F3N10O3S.C18H18ClF3N8O.C5H12N2O2S/c1-40(37,38)35-6-4-34(5-7-35)22-29-16-19(33-8-10-39-11-9-33)31-18(32-20(16)36(22)13-14-2-3-14)15-12-28-21(27)30-17(15)23(24,25)26;19-16-25-11-14(29-3-5-31-6-4-29)27-13(28-15(11)30(16)8-9-1-2-9)10-7-24-17(23)26-12(10)18(20,21)22;1-10(8,9)7-4-2-6-3-5-7/h12,14H,2-11,13H2,1H3,(H2,27,28,30);7,9H,1-6,8H2,(H2,23,24,26);6H,2-5H2,1H3. The second kappa shape index (κ2) is 23.2. The number of halogens is 7. The molecule has 4 saturated heterocycles. The molecule has 4 aliphatic heterocycles. The molecule has 0 atom stereocenters. The van der Waals surface area contributed by atoms with Crippen molar-refractivity contribution in [2.45, 2.75) is 51.1 Å². The number of piperazine rings is 2. The number of fused-ring (bicyclic) bond motifs is 2. The summed E-state index contributed by atoms with van der Waals surface area (Å²) < 4.78 is 146. The first-order valence-electron chi connectivity index (χ1n) is 26.0. The summed E-state index contributed by atoms with van der Waals surface area (Å²) in [6, 6.07) is 0. The molecule has 26 nitrogen and oxygen atoms in total. The number of sulfonamides is 2. The summed E-state index contributed by atoms with van der Waals surface area (Å²) in [6.07, 6.45) is -0.939. The number of nitrogen functional groups attached to an aromatic ring is 2. The first-order chi connectivity index (χ1) is 38.4. The number of anilines is 5. The summed E-state index contributed by atoms with van der Waals surface area (Å²) in [5.74, 6) is 0.938. The van der Waals surface area contributed by atoms with Crippen molar-refractivity contribution in [3.05, 3.63) is 29.1 Å². The van der Waals surface area contributed by atoms with Crippen molar-refractivity contribution in [1.29, 1.82) is 0 Å². The number of aromatic nitrogens is 12. The highest BCUT2D eigenvalue weighted by Gasteiger charge is 2.40. The number of morpholine rings is 2. The van der Waals surface area contributed by atoms with Crippen molar-refractivity contribution in [2.75, 3.05) is 144 Å². The first kappa shape index (κ1) is 58.0. The molecule has 0 unspecified atom stereocenters. The van der Waals surface area contributed by atoms with Gasteiger partial charge in [-0.05, 0) is 49.1 Å². The number of rotatable bonds is 11. The molecule has 0 radical (unpaired) electrons. The lowest BCUT2D eigenvalue weighted by Gasteiger charge is -2.34. The van der Waals surface area contributed by atoms with Gasteiger partial charge in [0.05, 0.1) is 50.1 Å². The predicted octanol–water partition coefficient (Wildman–Crippen LogP) is 2.85. The van der Waals surface area contributed by atoms with Crippen molar-refractivity contribution in [3.63, 3.8) is 0 Å². The number of alkyl halides is 6. The fourth-order valence-corrected chi connectivity index (χ4v) is 11.5. The Balaban J connectivity index is 0.000000159. The zero-order valence-corrected chi connectivity index (χ0v) is 46.4. The maximum absolute atomic E-state index is 14.0. The molecule has 35 heteroatoms. The third-order valence-electron chi connectivity index (χ3n) is 14.2. The van der Waals surface area contributed by atoms with E-state index in [0.717, 1.165) is 51.2 Å². The molecule has 0 spiro atoms. The first-order valence-corrected chi connectivity index (χ1v) is 30.1. The van der Waals surface area contributed by atoms with E-state index in [1.165, 1.54) is 21.1 Å². The Morgan fingerprint density at radius 1 is 0.568 bits per heavy atom. The molecular weight excluding hydrogens is 1140 g/mol. The molecule has 6 aliphatic rings. The molecule has 0 bridgehead atoms. The minimum Gasteiger partial charge on any atom is -0.378 e. The lowest BCUT2D eigenvalue weighted by Crippen LogP contribution is -2.49. The topological polar surface area (TPSA) is 306 Å². The smallest absolute Gasteiger partial charge is 0.378 e. The van der Waals surface area contributed by atoms with Crippen LogP contribution in [0.3, 0.4) is 0 Å². The van der Waals surface area contributed by atoms with Crippen LogP contribution in [0.4, 0.5) is 55.8 Å². The van der Waals surface area contributed by atoms with E-state index in [-0.39, 0.29) is 28.1 Å². The van der Waals surface area contributed by atoms with E-state index < -0.39 is 55.7 Å². The van der Waals surface area contributed by atoms with E-state index in [4.69, 9.17) is 37.5 Å². The van der Waals surface area contributed by atoms with Gasteiger partial charge in [0.2, 0.25) is 43.2 Å². The number of ether oxygens (including phenoxy) is 2. The minimum absolute atomic E-state index is 0.157. The van der Waals surface area contributed by atoms with Gasteiger partial charge in [0, 0.05) is 104 Å². The molecule has 2 aliphatic carbocycles. The number of hydrogen-bond acceptors (Lipinski definition) is 22. The highest BCUT2D eigenvalue weighted by molar-refractivity contribution is 7.88. The van der Waals surface area contributed by atoms with Crippen LogP contribution in [0.25, 0.3) is 45.1 Å². The zero-order chi connectivity index (χ0) is 57.6. The third kappa shape index (κ3) is 13.5. The normalized spacial score (nSPS) is 19.1. The van der Waals surface area contributed by atoms with E-state index in [9.17, 15) is 43.2 Å². The molecule has 10 heterocycles. The Hall–Kier alpha value is -6.17. The minimum atomic E-state index is -4.80. The lowest BCUT2D eigenvalue weighted by molar-refractivity contribution is -0.141. The average Bonchev–Trinajstić information content (AvgIpc) is 4.52. The molecule has 12 rings (SSSR count). The van der Waals surface area contributed by atoms with E-state index in [1.54, 1.807) is 4.57 Å². The Kier molecular flexibility index (Phi) is 16.6. The predicted molar refractivity (Wildman–Crippen MR) is 286 cm³/mol. The van der Waals surface area contributed by atoms with Crippen molar-refractivity contribution < 1.29 is 52.7 Å². The molecule has 81 heavy (non-hydrogen) atoms. The van der Waals surface area contributed by atoms with Crippen LogP contribution in [-0.2, 0) is 55.0 Å². The van der Waals surface area contributed by atoms with Crippen LogP contribution in [0.1, 0.15) is 37.1 Å². The summed E-state index contributed by atoms with van der Waals surface area (Å²) in [5, 5.41) is 3.31. The fourth-order valence-electron chi connectivity index (χ4n) is 9.60. The average molecular weight is 1200 g/mol. The Morgan fingerprint density at radius 3 is 1.41 bits per heavy atom. The van der Waals surface area contributed by atoms with Gasteiger partial charge in [-0.15, -0.1) is 0 Å². The van der Waals surface area contributed by atoms with Gasteiger partial charge in [-0.3, -0.25) is 9.13 Å². The Morgan fingerprint density at radius 2 is 0.988 bits per heavy atom.